The number of piperazine rings is 1. The van der Waals surface area contributed by atoms with Crippen molar-refractivity contribution in [2.24, 2.45) is 0 Å². The molecule has 5 rings (SSSR count). The van der Waals surface area contributed by atoms with Gasteiger partial charge in [0.2, 0.25) is 0 Å². The average molecular weight is 591 g/mol. The van der Waals surface area contributed by atoms with Crippen molar-refractivity contribution >= 4 is 40.5 Å². The highest BCUT2D eigenvalue weighted by Crippen LogP contribution is 2.31. The Kier molecular flexibility index (Phi) is 7.91. The molecule has 0 aliphatic carbocycles. The first-order valence-corrected chi connectivity index (χ1v) is 14.4. The van der Waals surface area contributed by atoms with Gasteiger partial charge in [-0.2, -0.15) is 0 Å². The van der Waals surface area contributed by atoms with E-state index in [9.17, 15) is 24.3 Å². The summed E-state index contributed by atoms with van der Waals surface area (Å²) in [5.41, 5.74) is 2.37. The zero-order chi connectivity index (χ0) is 31.2. The number of imide groups is 1. The second kappa shape index (κ2) is 11.3. The summed E-state index contributed by atoms with van der Waals surface area (Å²) in [6.45, 7) is 8.62. The third-order valence-corrected chi connectivity index (χ3v) is 7.50. The highest BCUT2D eigenvalue weighted by Gasteiger charge is 2.36. The van der Waals surface area contributed by atoms with E-state index in [1.54, 1.807) is 51.6 Å². The van der Waals surface area contributed by atoms with Crippen LogP contribution in [0.3, 0.4) is 0 Å². The number of carbonyl (C=O) groups excluding carboxylic acids is 4. The van der Waals surface area contributed by atoms with Crippen molar-refractivity contribution in [1.29, 1.82) is 0 Å². The molecule has 12 heteroatoms. The van der Waals surface area contributed by atoms with E-state index in [0.29, 0.717) is 65.4 Å². The molecule has 0 unspecified atom stereocenters. The quantitative estimate of drug-likeness (QED) is 0.434. The summed E-state index contributed by atoms with van der Waals surface area (Å²) in [4.78, 5) is 63.6. The van der Waals surface area contributed by atoms with Crippen molar-refractivity contribution < 1.29 is 29.0 Å². The number of anilines is 1. The smallest absolute Gasteiger partial charge is 0.410 e. The van der Waals surface area contributed by atoms with E-state index >= 15 is 0 Å². The number of benzene rings is 2. The lowest BCUT2D eigenvalue weighted by Gasteiger charge is -2.36. The summed E-state index contributed by atoms with van der Waals surface area (Å²) in [6, 6.07) is 10.3. The largest absolute Gasteiger partial charge is 0.444 e. The van der Waals surface area contributed by atoms with Crippen LogP contribution in [0, 0.1) is 0 Å². The first-order chi connectivity index (χ1) is 20.2. The number of aromatic nitrogens is 2. The van der Waals surface area contributed by atoms with E-state index in [4.69, 9.17) is 9.72 Å². The fraction of sp³-hybridized carbons (Fsp3) is 0.452. The molecular formula is C31H38N6O6. The molecule has 2 aromatic carbocycles. The van der Waals surface area contributed by atoms with Crippen molar-refractivity contribution in [3.8, 4) is 0 Å². The second-order valence-electron chi connectivity index (χ2n) is 12.2. The number of fused-ring (bicyclic) bond motifs is 2. The van der Waals surface area contributed by atoms with Crippen molar-refractivity contribution in [3.63, 3.8) is 0 Å². The van der Waals surface area contributed by atoms with Crippen molar-refractivity contribution in [2.45, 2.75) is 52.5 Å². The van der Waals surface area contributed by atoms with Crippen molar-refractivity contribution in [3.05, 3.63) is 58.9 Å². The Labute approximate surface area is 250 Å². The topological polar surface area (TPSA) is 129 Å². The van der Waals surface area contributed by atoms with Crippen LogP contribution in [0.2, 0.25) is 0 Å². The zero-order valence-electron chi connectivity index (χ0n) is 25.5. The van der Waals surface area contributed by atoms with Gasteiger partial charge in [0, 0.05) is 40.3 Å². The lowest BCUT2D eigenvalue weighted by atomic mass is 10.1. The maximum Gasteiger partial charge on any atom is 0.410 e. The molecule has 1 atom stereocenters. The minimum atomic E-state index is -0.733. The molecule has 0 saturated carbocycles. The van der Waals surface area contributed by atoms with Gasteiger partial charge in [0.05, 0.1) is 52.6 Å². The number of aliphatic hydroxyl groups is 1. The van der Waals surface area contributed by atoms with E-state index in [1.165, 1.54) is 0 Å². The second-order valence-corrected chi connectivity index (χ2v) is 12.2. The van der Waals surface area contributed by atoms with Crippen LogP contribution >= 0.6 is 0 Å². The summed E-state index contributed by atoms with van der Waals surface area (Å²) < 4.78 is 7.28. The van der Waals surface area contributed by atoms with Crippen molar-refractivity contribution in [1.82, 2.24) is 24.3 Å². The molecule has 1 N–H and O–H groups in total. The van der Waals surface area contributed by atoms with Crippen LogP contribution in [0.25, 0.3) is 11.0 Å². The molecule has 43 heavy (non-hydrogen) atoms. The molecule has 0 radical (unpaired) electrons. The maximum absolute atomic E-state index is 13.8. The van der Waals surface area contributed by atoms with Crippen LogP contribution in [0.5, 0.6) is 0 Å². The van der Waals surface area contributed by atoms with Crippen LogP contribution in [0.4, 0.5) is 10.5 Å². The molecule has 1 aromatic heterocycles. The number of carbonyl (C=O) groups is 4. The van der Waals surface area contributed by atoms with Gasteiger partial charge in [-0.15, -0.1) is 0 Å². The van der Waals surface area contributed by atoms with E-state index in [1.807, 2.05) is 45.8 Å². The molecule has 1 saturated heterocycles. The highest BCUT2D eigenvalue weighted by atomic mass is 16.6. The van der Waals surface area contributed by atoms with E-state index in [2.05, 4.69) is 0 Å². The summed E-state index contributed by atoms with van der Waals surface area (Å²) in [5, 5.41) is 10.3. The molecule has 3 heterocycles. The molecule has 228 valence electrons. The minimum absolute atomic E-state index is 0.0824. The number of imidazole rings is 1. The normalized spacial score (nSPS) is 16.1. The molecular weight excluding hydrogens is 552 g/mol. The summed E-state index contributed by atoms with van der Waals surface area (Å²) in [5.74, 6) is -0.564. The van der Waals surface area contributed by atoms with E-state index in [0.717, 1.165) is 4.90 Å². The third kappa shape index (κ3) is 5.92. The molecule has 0 bridgehead atoms. The highest BCUT2D eigenvalue weighted by molar-refractivity contribution is 6.21. The van der Waals surface area contributed by atoms with Gasteiger partial charge < -0.3 is 29.1 Å². The monoisotopic (exact) mass is 590 g/mol. The van der Waals surface area contributed by atoms with Crippen LogP contribution in [0.15, 0.2) is 36.4 Å². The van der Waals surface area contributed by atoms with Gasteiger partial charge in [0.15, 0.2) is 0 Å². The predicted octanol–water partition coefficient (Wildman–Crippen LogP) is 2.97. The fourth-order valence-electron chi connectivity index (χ4n) is 5.45. The van der Waals surface area contributed by atoms with Crippen LogP contribution < -0.4 is 4.90 Å². The molecule has 1 fully saturated rings. The molecule has 0 spiro atoms. The number of hydrogen-bond donors (Lipinski definition) is 1. The first-order valence-electron chi connectivity index (χ1n) is 14.4. The van der Waals surface area contributed by atoms with Crippen LogP contribution in [-0.2, 0) is 17.8 Å². The van der Waals surface area contributed by atoms with Gasteiger partial charge in [-0.25, -0.2) is 9.78 Å². The number of aliphatic hydroxyl groups excluding tert-OH is 1. The lowest BCUT2D eigenvalue weighted by molar-refractivity contribution is 0.0141. The Bertz CT molecular complexity index is 1560. The zero-order valence-corrected chi connectivity index (χ0v) is 25.5. The molecule has 2 aliphatic heterocycles. The van der Waals surface area contributed by atoms with Gasteiger partial charge in [-0.3, -0.25) is 19.3 Å². The Hall–Kier alpha value is -4.45. The molecule has 12 nitrogen and oxygen atoms in total. The van der Waals surface area contributed by atoms with Crippen LogP contribution in [0.1, 0.15) is 64.6 Å². The van der Waals surface area contributed by atoms with Gasteiger partial charge in [0.1, 0.15) is 11.4 Å². The molecule has 4 amide bonds. The van der Waals surface area contributed by atoms with Gasteiger partial charge in [0.25, 0.3) is 17.7 Å². The number of amides is 4. The van der Waals surface area contributed by atoms with Crippen molar-refractivity contribution in [2.75, 3.05) is 45.2 Å². The number of ether oxygens (including phenoxy) is 1. The number of hydrogen-bond acceptors (Lipinski definition) is 8. The van der Waals surface area contributed by atoms with Gasteiger partial charge in [-0.05, 0) is 52.0 Å². The Morgan fingerprint density at radius 1 is 1.00 bits per heavy atom. The summed E-state index contributed by atoms with van der Waals surface area (Å²) in [6.07, 6.45) is -1.13. The average Bonchev–Trinajstić information content (AvgIpc) is 3.40. The fourth-order valence-corrected chi connectivity index (χ4v) is 5.45. The van der Waals surface area contributed by atoms with Gasteiger partial charge >= 0.3 is 6.09 Å². The minimum Gasteiger partial charge on any atom is -0.444 e. The Balaban J connectivity index is 1.45. The number of rotatable bonds is 6. The summed E-state index contributed by atoms with van der Waals surface area (Å²) in [7, 11) is 3.68. The van der Waals surface area contributed by atoms with E-state index in [-0.39, 0.29) is 19.0 Å². The Morgan fingerprint density at radius 3 is 2.12 bits per heavy atom. The standard InChI is InChI=1S/C31H38N6O6/c1-19(38)17-36-25-16-24(33(5)6)22(27(39)34-11-13-35(14-12-34)30(42)43-31(2,3)4)15-23(25)32-26(36)18-37-28(40)20-9-7-8-10-21(20)29(37)41/h7-10,15-16,19,38H,11-14,17-18H2,1-6H3/t19-/m0/s1. The lowest BCUT2D eigenvalue weighted by Crippen LogP contribution is -2.51. The number of nitrogens with zero attached hydrogens (tertiary/aromatic N) is 6. The summed E-state index contributed by atoms with van der Waals surface area (Å²) >= 11 is 0. The SMILES string of the molecule is C[C@H](O)Cn1c(CN2C(=O)c3ccccc3C2=O)nc2cc(C(=O)N3CCN(C(=O)OC(C)(C)C)CC3)c(N(C)C)cc21. The maximum atomic E-state index is 13.8. The Morgan fingerprint density at radius 2 is 1.58 bits per heavy atom. The third-order valence-electron chi connectivity index (χ3n) is 7.50. The van der Waals surface area contributed by atoms with Gasteiger partial charge in [-0.1, -0.05) is 12.1 Å². The molecule has 2 aliphatic rings. The molecule has 3 aromatic rings. The van der Waals surface area contributed by atoms with E-state index < -0.39 is 29.6 Å². The predicted molar refractivity (Wildman–Crippen MR) is 160 cm³/mol. The first kappa shape index (κ1) is 30.0. The van der Waals surface area contributed by atoms with Crippen LogP contribution in [-0.4, -0.2) is 105 Å².